The van der Waals surface area contributed by atoms with E-state index < -0.39 is 5.97 Å². The van der Waals surface area contributed by atoms with Gasteiger partial charge in [0.2, 0.25) is 0 Å². The predicted molar refractivity (Wildman–Crippen MR) is 110 cm³/mol. The van der Waals surface area contributed by atoms with Crippen LogP contribution < -0.4 is 10.1 Å². The van der Waals surface area contributed by atoms with Gasteiger partial charge in [-0.1, -0.05) is 36.4 Å². The predicted octanol–water partition coefficient (Wildman–Crippen LogP) is 4.63. The average Bonchev–Trinajstić information content (AvgIpc) is 3.35. The van der Waals surface area contributed by atoms with Crippen molar-refractivity contribution in [1.82, 2.24) is 5.32 Å². The van der Waals surface area contributed by atoms with Gasteiger partial charge in [0, 0.05) is 24.9 Å². The summed E-state index contributed by atoms with van der Waals surface area (Å²) in [4.78, 5) is 10.7. The molecule has 0 aromatic heterocycles. The van der Waals surface area contributed by atoms with Gasteiger partial charge in [-0.25, -0.2) is 0 Å². The molecule has 0 bridgehead atoms. The molecule has 1 fully saturated rings. The van der Waals surface area contributed by atoms with Crippen LogP contribution >= 0.6 is 0 Å². The van der Waals surface area contributed by atoms with Crippen LogP contribution in [-0.2, 0) is 17.6 Å². The van der Waals surface area contributed by atoms with Crippen molar-refractivity contribution in [2.75, 3.05) is 6.61 Å². The van der Waals surface area contributed by atoms with Crippen LogP contribution in [0.5, 0.6) is 5.75 Å². The summed E-state index contributed by atoms with van der Waals surface area (Å²) in [6, 6.07) is 16.0. The zero-order valence-corrected chi connectivity index (χ0v) is 16.5. The van der Waals surface area contributed by atoms with Crippen molar-refractivity contribution in [3.05, 3.63) is 64.7 Å². The van der Waals surface area contributed by atoms with Gasteiger partial charge < -0.3 is 15.2 Å². The smallest absolute Gasteiger partial charge is 0.303 e. The summed E-state index contributed by atoms with van der Waals surface area (Å²) >= 11 is 0. The highest BCUT2D eigenvalue weighted by molar-refractivity contribution is 5.67. The van der Waals surface area contributed by atoms with Gasteiger partial charge in [0.25, 0.3) is 0 Å². The second kappa shape index (κ2) is 8.36. The van der Waals surface area contributed by atoms with E-state index >= 15 is 0 Å². The first-order valence-electron chi connectivity index (χ1n) is 10.4. The lowest BCUT2D eigenvalue weighted by molar-refractivity contribution is -0.136. The third kappa shape index (κ3) is 4.39. The quantitative estimate of drug-likeness (QED) is 0.737. The molecule has 2 aromatic rings. The van der Waals surface area contributed by atoms with Crippen LogP contribution in [0, 0.1) is 0 Å². The Balaban J connectivity index is 1.32. The number of carboxylic acid groups (broad SMARTS) is 1. The molecule has 4 nitrogen and oxygen atoms in total. The van der Waals surface area contributed by atoms with E-state index in [0.717, 1.165) is 30.8 Å². The fourth-order valence-electron chi connectivity index (χ4n) is 4.57. The highest BCUT2D eigenvalue weighted by atomic mass is 16.5. The molecule has 0 saturated heterocycles. The van der Waals surface area contributed by atoms with E-state index in [1.165, 1.54) is 29.5 Å². The van der Waals surface area contributed by atoms with Crippen LogP contribution in [0.25, 0.3) is 0 Å². The summed E-state index contributed by atoms with van der Waals surface area (Å²) in [6.07, 6.45) is 5.38. The van der Waals surface area contributed by atoms with Gasteiger partial charge in [-0.15, -0.1) is 0 Å². The number of carbonyl (C=O) groups is 1. The number of aliphatic carboxylic acids is 1. The number of aryl methyl sites for hydroxylation is 1. The molecular formula is C24H29NO3. The number of rotatable bonds is 7. The van der Waals surface area contributed by atoms with Crippen LogP contribution in [-0.4, -0.2) is 23.7 Å². The molecule has 28 heavy (non-hydrogen) atoms. The lowest BCUT2D eigenvalue weighted by Gasteiger charge is -2.21. The molecule has 148 valence electrons. The molecule has 1 aliphatic carbocycles. The van der Waals surface area contributed by atoms with Crippen LogP contribution in [0.4, 0.5) is 0 Å². The molecule has 1 aliphatic heterocycles. The summed E-state index contributed by atoms with van der Waals surface area (Å²) < 4.78 is 5.62. The van der Waals surface area contributed by atoms with E-state index in [0.29, 0.717) is 24.4 Å². The van der Waals surface area contributed by atoms with Crippen LogP contribution in [0.3, 0.4) is 0 Å². The Labute approximate surface area is 166 Å². The number of hydrogen-bond donors (Lipinski definition) is 2. The monoisotopic (exact) mass is 379 g/mol. The van der Waals surface area contributed by atoms with Gasteiger partial charge in [-0.3, -0.25) is 4.79 Å². The molecule has 1 heterocycles. The fourth-order valence-corrected chi connectivity index (χ4v) is 4.57. The minimum Gasteiger partial charge on any atom is -0.493 e. The minimum atomic E-state index is -0.737. The van der Waals surface area contributed by atoms with E-state index in [1.54, 1.807) is 0 Å². The molecule has 0 amide bonds. The molecule has 1 saturated carbocycles. The average molecular weight is 380 g/mol. The zero-order valence-electron chi connectivity index (χ0n) is 16.5. The van der Waals surface area contributed by atoms with E-state index in [4.69, 9.17) is 9.84 Å². The Hall–Kier alpha value is -2.33. The number of carboxylic acids is 1. The van der Waals surface area contributed by atoms with Gasteiger partial charge in [-0.05, 0) is 66.8 Å². The number of ether oxygens (including phenoxy) is 1. The molecular weight excluding hydrogens is 350 g/mol. The fraction of sp³-hybridized carbons (Fsp3) is 0.458. The van der Waals surface area contributed by atoms with Crippen molar-refractivity contribution in [2.45, 2.75) is 63.5 Å². The molecule has 2 aromatic carbocycles. The standard InChI is InChI=1S/C24H29NO3/c1-16(19-8-10-23-21(14-19)12-13-28-23)25-22-9-7-20(15-22)18-5-2-17(3-6-18)4-11-24(26)27/h2-3,5-6,8,10,14,16,20,22,25H,4,7,9,11-13,15H2,1H3,(H,26,27)/t16?,20-,22?/m0/s1. The number of nitrogens with one attached hydrogen (secondary N) is 1. The van der Waals surface area contributed by atoms with E-state index in [9.17, 15) is 4.79 Å². The van der Waals surface area contributed by atoms with Crippen molar-refractivity contribution in [3.8, 4) is 5.75 Å². The van der Waals surface area contributed by atoms with Crippen molar-refractivity contribution < 1.29 is 14.6 Å². The Bertz CT molecular complexity index is 830. The van der Waals surface area contributed by atoms with Crippen LogP contribution in [0.1, 0.15) is 66.8 Å². The molecule has 2 aliphatic rings. The summed E-state index contributed by atoms with van der Waals surface area (Å²) in [5.41, 5.74) is 5.16. The van der Waals surface area contributed by atoms with Crippen molar-refractivity contribution in [1.29, 1.82) is 0 Å². The SMILES string of the molecule is CC(NC1CC[C@H](c2ccc(CCC(=O)O)cc2)C1)c1ccc2c(c1)CCO2. The summed E-state index contributed by atoms with van der Waals surface area (Å²) in [6.45, 7) is 3.06. The molecule has 0 radical (unpaired) electrons. The summed E-state index contributed by atoms with van der Waals surface area (Å²) in [5.74, 6) is 0.897. The molecule has 2 unspecified atom stereocenters. The number of benzene rings is 2. The largest absolute Gasteiger partial charge is 0.493 e. The number of fused-ring (bicyclic) bond motifs is 1. The number of hydrogen-bond acceptors (Lipinski definition) is 3. The van der Waals surface area contributed by atoms with Gasteiger partial charge in [0.1, 0.15) is 5.75 Å². The second-order valence-electron chi connectivity index (χ2n) is 8.20. The van der Waals surface area contributed by atoms with E-state index in [-0.39, 0.29) is 6.42 Å². The highest BCUT2D eigenvalue weighted by Gasteiger charge is 2.27. The van der Waals surface area contributed by atoms with E-state index in [1.807, 2.05) is 0 Å². The van der Waals surface area contributed by atoms with Crippen LogP contribution in [0.15, 0.2) is 42.5 Å². The van der Waals surface area contributed by atoms with Crippen molar-refractivity contribution in [2.24, 2.45) is 0 Å². The second-order valence-corrected chi connectivity index (χ2v) is 8.20. The first kappa shape index (κ1) is 19.0. The van der Waals surface area contributed by atoms with Gasteiger partial charge in [0.15, 0.2) is 0 Å². The molecule has 4 rings (SSSR count). The van der Waals surface area contributed by atoms with Gasteiger partial charge in [0.05, 0.1) is 6.61 Å². The first-order valence-corrected chi connectivity index (χ1v) is 10.4. The zero-order chi connectivity index (χ0) is 19.5. The maximum atomic E-state index is 10.7. The lowest BCUT2D eigenvalue weighted by Crippen LogP contribution is -2.29. The maximum absolute atomic E-state index is 10.7. The van der Waals surface area contributed by atoms with Crippen molar-refractivity contribution in [3.63, 3.8) is 0 Å². The topological polar surface area (TPSA) is 58.6 Å². The normalized spacial score (nSPS) is 21.9. The van der Waals surface area contributed by atoms with Gasteiger partial charge in [-0.2, -0.15) is 0 Å². The maximum Gasteiger partial charge on any atom is 0.303 e. The molecule has 0 spiro atoms. The molecule has 4 heteroatoms. The Kier molecular flexibility index (Phi) is 5.67. The lowest BCUT2D eigenvalue weighted by atomic mass is 9.95. The first-order chi connectivity index (χ1) is 13.6. The highest BCUT2D eigenvalue weighted by Crippen LogP contribution is 2.36. The molecule has 2 N–H and O–H groups in total. The van der Waals surface area contributed by atoms with Crippen molar-refractivity contribution >= 4 is 5.97 Å². The summed E-state index contributed by atoms with van der Waals surface area (Å²) in [7, 11) is 0. The minimum absolute atomic E-state index is 0.196. The Morgan fingerprint density at radius 1 is 1.21 bits per heavy atom. The third-order valence-electron chi connectivity index (χ3n) is 6.21. The Morgan fingerprint density at radius 2 is 2.04 bits per heavy atom. The van der Waals surface area contributed by atoms with Crippen LogP contribution in [0.2, 0.25) is 0 Å². The van der Waals surface area contributed by atoms with E-state index in [2.05, 4.69) is 54.7 Å². The van der Waals surface area contributed by atoms with Gasteiger partial charge >= 0.3 is 5.97 Å². The molecule has 3 atom stereocenters. The summed E-state index contributed by atoms with van der Waals surface area (Å²) in [5, 5.41) is 12.6. The Morgan fingerprint density at radius 3 is 2.82 bits per heavy atom. The third-order valence-corrected chi connectivity index (χ3v) is 6.21.